The van der Waals surface area contributed by atoms with Crippen molar-refractivity contribution < 1.29 is 9.21 Å². The van der Waals surface area contributed by atoms with Gasteiger partial charge in [0, 0.05) is 11.1 Å². The van der Waals surface area contributed by atoms with E-state index in [9.17, 15) is 4.79 Å². The summed E-state index contributed by atoms with van der Waals surface area (Å²) in [5, 5.41) is 10.8. The fraction of sp³-hybridized carbons (Fsp3) is 0.0455. The number of amides is 1. The van der Waals surface area contributed by atoms with Gasteiger partial charge in [0.25, 0.3) is 5.91 Å². The van der Waals surface area contributed by atoms with Crippen LogP contribution in [-0.2, 0) is 6.54 Å². The third kappa shape index (κ3) is 3.93. The Hall–Kier alpha value is -3.73. The Kier molecular flexibility index (Phi) is 4.74. The monoisotopic (exact) mass is 355 g/mol. The quantitative estimate of drug-likeness (QED) is 0.578. The number of hydrogen-bond acceptors (Lipinski definition) is 4. The Bertz CT molecular complexity index is 1030. The maximum Gasteiger partial charge on any atom is 0.251 e. The number of rotatable bonds is 5. The van der Waals surface area contributed by atoms with E-state index in [2.05, 4.69) is 15.5 Å². The van der Waals surface area contributed by atoms with Gasteiger partial charge in [0.05, 0.1) is 6.54 Å². The average Bonchev–Trinajstić information content (AvgIpc) is 3.22. The summed E-state index contributed by atoms with van der Waals surface area (Å²) in [7, 11) is 0. The molecule has 1 heterocycles. The molecule has 1 aromatic heterocycles. The van der Waals surface area contributed by atoms with Crippen molar-refractivity contribution in [2.45, 2.75) is 6.54 Å². The van der Waals surface area contributed by atoms with E-state index in [4.69, 9.17) is 4.42 Å². The van der Waals surface area contributed by atoms with Crippen molar-refractivity contribution in [1.29, 1.82) is 0 Å². The van der Waals surface area contributed by atoms with E-state index in [0.717, 1.165) is 16.7 Å². The van der Waals surface area contributed by atoms with Gasteiger partial charge in [-0.3, -0.25) is 4.79 Å². The molecule has 0 radical (unpaired) electrons. The molecule has 0 fully saturated rings. The van der Waals surface area contributed by atoms with Gasteiger partial charge in [-0.25, -0.2) is 0 Å². The third-order valence-electron chi connectivity index (χ3n) is 4.14. The molecule has 0 aliphatic heterocycles. The fourth-order valence-corrected chi connectivity index (χ4v) is 2.73. The number of hydrogen-bond donors (Lipinski definition) is 1. The predicted molar refractivity (Wildman–Crippen MR) is 103 cm³/mol. The molecule has 1 N–H and O–H groups in total. The minimum absolute atomic E-state index is 0.180. The number of nitrogens with one attached hydrogen (secondary N) is 1. The van der Waals surface area contributed by atoms with Gasteiger partial charge in [0.1, 0.15) is 0 Å². The topological polar surface area (TPSA) is 68.0 Å². The smallest absolute Gasteiger partial charge is 0.251 e. The van der Waals surface area contributed by atoms with Crippen LogP contribution in [0.15, 0.2) is 89.3 Å². The number of nitrogens with zero attached hydrogens (tertiary/aromatic N) is 2. The number of carbonyl (C=O) groups is 1. The lowest BCUT2D eigenvalue weighted by Gasteiger charge is -2.05. The molecular weight excluding hydrogens is 338 g/mol. The Morgan fingerprint density at radius 3 is 2.00 bits per heavy atom. The van der Waals surface area contributed by atoms with E-state index in [1.807, 2.05) is 72.8 Å². The predicted octanol–water partition coefficient (Wildman–Crippen LogP) is 4.33. The highest BCUT2D eigenvalue weighted by Crippen LogP contribution is 2.19. The molecule has 0 spiro atoms. The Labute approximate surface area is 156 Å². The summed E-state index contributed by atoms with van der Waals surface area (Å²) in [4.78, 5) is 12.3. The van der Waals surface area contributed by atoms with Gasteiger partial charge in [-0.15, -0.1) is 10.2 Å². The Morgan fingerprint density at radius 1 is 0.741 bits per heavy atom. The molecule has 0 bridgehead atoms. The SMILES string of the molecule is O=C(NCc1nnc(-c2ccccc2)o1)c1ccc(-c2ccccc2)cc1. The zero-order valence-corrected chi connectivity index (χ0v) is 14.5. The molecule has 27 heavy (non-hydrogen) atoms. The second kappa shape index (κ2) is 7.66. The van der Waals surface area contributed by atoms with Crippen molar-refractivity contribution in [2.75, 3.05) is 0 Å². The van der Waals surface area contributed by atoms with Crippen LogP contribution in [0.25, 0.3) is 22.6 Å². The maximum atomic E-state index is 12.3. The molecule has 0 unspecified atom stereocenters. The van der Waals surface area contributed by atoms with E-state index in [1.165, 1.54) is 0 Å². The molecule has 0 aliphatic rings. The fourth-order valence-electron chi connectivity index (χ4n) is 2.73. The van der Waals surface area contributed by atoms with Crippen molar-refractivity contribution >= 4 is 5.91 Å². The minimum Gasteiger partial charge on any atom is -0.419 e. The molecule has 0 saturated heterocycles. The standard InChI is InChI=1S/C22H17N3O2/c26-21(18-13-11-17(12-14-18)16-7-3-1-4-8-16)23-15-20-24-25-22(27-20)19-9-5-2-6-10-19/h1-14H,15H2,(H,23,26). The molecule has 5 heteroatoms. The summed E-state index contributed by atoms with van der Waals surface area (Å²) in [5.41, 5.74) is 3.61. The number of benzene rings is 3. The van der Waals surface area contributed by atoms with Gasteiger partial charge >= 0.3 is 0 Å². The van der Waals surface area contributed by atoms with Crippen LogP contribution in [0.5, 0.6) is 0 Å². The first-order valence-corrected chi connectivity index (χ1v) is 8.61. The van der Waals surface area contributed by atoms with E-state index >= 15 is 0 Å². The molecule has 132 valence electrons. The van der Waals surface area contributed by atoms with Gasteiger partial charge in [-0.1, -0.05) is 60.7 Å². The zero-order chi connectivity index (χ0) is 18.5. The molecule has 4 aromatic rings. The third-order valence-corrected chi connectivity index (χ3v) is 4.14. The average molecular weight is 355 g/mol. The van der Waals surface area contributed by atoms with E-state index in [1.54, 1.807) is 12.1 Å². The van der Waals surface area contributed by atoms with Crippen molar-refractivity contribution in [1.82, 2.24) is 15.5 Å². The summed E-state index contributed by atoms with van der Waals surface area (Å²) in [6.45, 7) is 0.180. The summed E-state index contributed by atoms with van der Waals surface area (Å²) in [6.07, 6.45) is 0. The first-order chi connectivity index (χ1) is 13.3. The van der Waals surface area contributed by atoms with Gasteiger partial charge in [0.2, 0.25) is 11.8 Å². The van der Waals surface area contributed by atoms with Crippen LogP contribution in [-0.4, -0.2) is 16.1 Å². The van der Waals surface area contributed by atoms with Crippen LogP contribution >= 0.6 is 0 Å². The largest absolute Gasteiger partial charge is 0.419 e. The summed E-state index contributed by atoms with van der Waals surface area (Å²) in [5.74, 6) is 0.615. The summed E-state index contributed by atoms with van der Waals surface area (Å²) in [6, 6.07) is 27.0. The zero-order valence-electron chi connectivity index (χ0n) is 14.5. The van der Waals surface area contributed by atoms with E-state index in [0.29, 0.717) is 17.3 Å². The van der Waals surface area contributed by atoms with Crippen LogP contribution in [0.4, 0.5) is 0 Å². The van der Waals surface area contributed by atoms with Crippen molar-refractivity contribution in [3.05, 3.63) is 96.4 Å². The van der Waals surface area contributed by atoms with Gasteiger partial charge in [0.15, 0.2) is 0 Å². The maximum absolute atomic E-state index is 12.3. The van der Waals surface area contributed by atoms with Crippen molar-refractivity contribution in [2.24, 2.45) is 0 Å². The molecule has 5 nitrogen and oxygen atoms in total. The second-order valence-corrected chi connectivity index (χ2v) is 5.99. The highest BCUT2D eigenvalue weighted by Gasteiger charge is 2.11. The molecular formula is C22H17N3O2. The Balaban J connectivity index is 1.39. The van der Waals surface area contributed by atoms with Crippen LogP contribution in [0.2, 0.25) is 0 Å². The van der Waals surface area contributed by atoms with Crippen LogP contribution in [0.1, 0.15) is 16.2 Å². The van der Waals surface area contributed by atoms with Crippen LogP contribution in [0.3, 0.4) is 0 Å². The van der Waals surface area contributed by atoms with Gasteiger partial charge < -0.3 is 9.73 Å². The van der Waals surface area contributed by atoms with Gasteiger partial charge in [-0.05, 0) is 35.4 Å². The number of carbonyl (C=O) groups excluding carboxylic acids is 1. The molecule has 0 atom stereocenters. The van der Waals surface area contributed by atoms with E-state index in [-0.39, 0.29) is 12.5 Å². The minimum atomic E-state index is -0.186. The normalized spacial score (nSPS) is 10.5. The lowest BCUT2D eigenvalue weighted by molar-refractivity contribution is 0.0947. The molecule has 0 aliphatic carbocycles. The Morgan fingerprint density at radius 2 is 1.33 bits per heavy atom. The van der Waals surface area contributed by atoms with Crippen molar-refractivity contribution in [3.63, 3.8) is 0 Å². The second-order valence-electron chi connectivity index (χ2n) is 5.99. The van der Waals surface area contributed by atoms with Crippen molar-refractivity contribution in [3.8, 4) is 22.6 Å². The van der Waals surface area contributed by atoms with Crippen LogP contribution in [0, 0.1) is 0 Å². The molecule has 4 rings (SSSR count). The lowest BCUT2D eigenvalue weighted by Crippen LogP contribution is -2.22. The van der Waals surface area contributed by atoms with Crippen LogP contribution < -0.4 is 5.32 Å². The molecule has 1 amide bonds. The lowest BCUT2D eigenvalue weighted by atomic mass is 10.0. The van der Waals surface area contributed by atoms with E-state index < -0.39 is 0 Å². The highest BCUT2D eigenvalue weighted by molar-refractivity contribution is 5.94. The first-order valence-electron chi connectivity index (χ1n) is 8.61. The molecule has 0 saturated carbocycles. The summed E-state index contributed by atoms with van der Waals surface area (Å²) >= 11 is 0. The molecule has 3 aromatic carbocycles. The summed E-state index contributed by atoms with van der Waals surface area (Å²) < 4.78 is 5.60. The number of aromatic nitrogens is 2. The first kappa shape index (κ1) is 16.7. The van der Waals surface area contributed by atoms with Gasteiger partial charge in [-0.2, -0.15) is 0 Å². The highest BCUT2D eigenvalue weighted by atomic mass is 16.4.